The monoisotopic (exact) mass is 291 g/mol. The lowest BCUT2D eigenvalue weighted by Crippen LogP contribution is -2.56. The Morgan fingerprint density at radius 2 is 2.05 bits per heavy atom. The number of aryl methyl sites for hydroxylation is 1. The maximum Gasteiger partial charge on any atom is 0.336 e. The number of anilines is 1. The predicted octanol–water partition coefficient (Wildman–Crippen LogP) is 0.0281. The van der Waals surface area contributed by atoms with Gasteiger partial charge in [0.05, 0.1) is 12.1 Å². The van der Waals surface area contributed by atoms with Crippen molar-refractivity contribution in [3.63, 3.8) is 0 Å². The van der Waals surface area contributed by atoms with Crippen LogP contribution in [0.25, 0.3) is 0 Å². The molecule has 21 heavy (non-hydrogen) atoms. The van der Waals surface area contributed by atoms with Crippen LogP contribution in [0.3, 0.4) is 0 Å². The van der Waals surface area contributed by atoms with Crippen molar-refractivity contribution in [2.24, 2.45) is 0 Å². The van der Waals surface area contributed by atoms with Crippen LogP contribution in [0.15, 0.2) is 12.1 Å². The highest BCUT2D eigenvalue weighted by atomic mass is 16.4. The van der Waals surface area contributed by atoms with E-state index in [1.807, 2.05) is 0 Å². The molecule has 1 unspecified atom stereocenters. The fraction of sp³-hybridized carbons (Fsp3) is 0.357. The highest BCUT2D eigenvalue weighted by Crippen LogP contribution is 2.20. The summed E-state index contributed by atoms with van der Waals surface area (Å²) < 4.78 is 0. The van der Waals surface area contributed by atoms with E-state index in [0.717, 1.165) is 5.56 Å². The maximum atomic E-state index is 12.1. The quantitative estimate of drug-likeness (QED) is 0.628. The predicted molar refractivity (Wildman–Crippen MR) is 76.3 cm³/mol. The third kappa shape index (κ3) is 3.38. The van der Waals surface area contributed by atoms with Gasteiger partial charge < -0.3 is 15.7 Å². The van der Waals surface area contributed by atoms with E-state index in [0.29, 0.717) is 11.3 Å². The van der Waals surface area contributed by atoms with E-state index in [1.165, 1.54) is 6.07 Å². The molecule has 1 fully saturated rings. The molecule has 0 saturated carbocycles. The van der Waals surface area contributed by atoms with Crippen LogP contribution >= 0.6 is 0 Å². The van der Waals surface area contributed by atoms with E-state index < -0.39 is 12.0 Å². The van der Waals surface area contributed by atoms with Gasteiger partial charge in [-0.05, 0) is 37.1 Å². The van der Waals surface area contributed by atoms with Gasteiger partial charge in [0.15, 0.2) is 0 Å². The van der Waals surface area contributed by atoms with Crippen molar-refractivity contribution in [3.05, 3.63) is 28.8 Å². The summed E-state index contributed by atoms with van der Waals surface area (Å²) in [6.07, 6.45) is 0. The first-order valence-electron chi connectivity index (χ1n) is 6.54. The van der Waals surface area contributed by atoms with Gasteiger partial charge >= 0.3 is 5.97 Å². The largest absolute Gasteiger partial charge is 0.478 e. The topological polar surface area (TPSA) is 108 Å². The SMILES string of the molecule is Cc1cc(NC(=O)C2CNC(=O)CN2)cc(C(=O)O)c1C. The molecule has 7 heteroatoms. The van der Waals surface area contributed by atoms with Crippen LogP contribution in [0.4, 0.5) is 5.69 Å². The van der Waals surface area contributed by atoms with Crippen LogP contribution in [-0.4, -0.2) is 42.0 Å². The van der Waals surface area contributed by atoms with Gasteiger partial charge in [-0.2, -0.15) is 0 Å². The number of amides is 2. The Balaban J connectivity index is 2.14. The molecule has 0 aromatic heterocycles. The summed E-state index contributed by atoms with van der Waals surface area (Å²) >= 11 is 0. The summed E-state index contributed by atoms with van der Waals surface area (Å²) in [4.78, 5) is 34.3. The smallest absolute Gasteiger partial charge is 0.336 e. The normalized spacial score (nSPS) is 18.0. The van der Waals surface area contributed by atoms with E-state index in [2.05, 4.69) is 16.0 Å². The van der Waals surface area contributed by atoms with Crippen molar-refractivity contribution in [3.8, 4) is 0 Å². The van der Waals surface area contributed by atoms with Crippen molar-refractivity contribution >= 4 is 23.5 Å². The number of carbonyl (C=O) groups is 3. The lowest BCUT2D eigenvalue weighted by Gasteiger charge is -2.23. The molecule has 1 aliphatic rings. The Hall–Kier alpha value is -2.41. The first-order chi connectivity index (χ1) is 9.88. The lowest BCUT2D eigenvalue weighted by atomic mass is 10.0. The number of hydrogen-bond acceptors (Lipinski definition) is 4. The van der Waals surface area contributed by atoms with Crippen molar-refractivity contribution < 1.29 is 19.5 Å². The highest BCUT2D eigenvalue weighted by Gasteiger charge is 2.24. The number of benzene rings is 1. The van der Waals surface area contributed by atoms with Gasteiger partial charge in [-0.25, -0.2) is 4.79 Å². The average molecular weight is 291 g/mol. The number of carboxylic acid groups (broad SMARTS) is 1. The minimum atomic E-state index is -1.03. The summed E-state index contributed by atoms with van der Waals surface area (Å²) in [5, 5.41) is 17.2. The molecule has 7 nitrogen and oxygen atoms in total. The molecule has 0 bridgehead atoms. The van der Waals surface area contributed by atoms with Crippen molar-refractivity contribution in [1.82, 2.24) is 10.6 Å². The zero-order valence-electron chi connectivity index (χ0n) is 11.8. The van der Waals surface area contributed by atoms with Gasteiger partial charge in [-0.1, -0.05) is 0 Å². The number of carboxylic acids is 1. The number of nitrogens with one attached hydrogen (secondary N) is 3. The van der Waals surface area contributed by atoms with Crippen molar-refractivity contribution in [2.75, 3.05) is 18.4 Å². The second-order valence-electron chi connectivity index (χ2n) is 5.00. The number of carbonyl (C=O) groups excluding carboxylic acids is 2. The molecule has 1 aliphatic heterocycles. The average Bonchev–Trinajstić information content (AvgIpc) is 2.43. The van der Waals surface area contributed by atoms with Crippen molar-refractivity contribution in [1.29, 1.82) is 0 Å². The molecule has 1 saturated heterocycles. The molecule has 112 valence electrons. The van der Waals surface area contributed by atoms with Crippen LogP contribution in [0, 0.1) is 13.8 Å². The van der Waals surface area contributed by atoms with Gasteiger partial charge in [0, 0.05) is 12.2 Å². The molecule has 1 atom stereocenters. The maximum absolute atomic E-state index is 12.1. The Bertz CT molecular complexity index is 602. The van der Waals surface area contributed by atoms with Crippen LogP contribution in [0.1, 0.15) is 21.5 Å². The minimum Gasteiger partial charge on any atom is -0.478 e. The van der Waals surface area contributed by atoms with Crippen LogP contribution in [-0.2, 0) is 9.59 Å². The van der Waals surface area contributed by atoms with Crippen LogP contribution < -0.4 is 16.0 Å². The van der Waals surface area contributed by atoms with Gasteiger partial charge in [0.25, 0.3) is 0 Å². The fourth-order valence-corrected chi connectivity index (χ4v) is 2.13. The molecule has 2 rings (SSSR count). The number of piperazine rings is 1. The van der Waals surface area contributed by atoms with Crippen molar-refractivity contribution in [2.45, 2.75) is 19.9 Å². The summed E-state index contributed by atoms with van der Waals surface area (Å²) in [7, 11) is 0. The minimum absolute atomic E-state index is 0.0887. The lowest BCUT2D eigenvalue weighted by molar-refractivity contribution is -0.124. The van der Waals surface area contributed by atoms with Crippen LogP contribution in [0.2, 0.25) is 0 Å². The highest BCUT2D eigenvalue weighted by molar-refractivity contribution is 5.98. The van der Waals surface area contributed by atoms with Gasteiger partial charge in [-0.3, -0.25) is 14.9 Å². The Morgan fingerprint density at radius 3 is 2.62 bits per heavy atom. The van der Waals surface area contributed by atoms with Gasteiger partial charge in [0.2, 0.25) is 11.8 Å². The second kappa shape index (κ2) is 5.92. The van der Waals surface area contributed by atoms with E-state index in [1.54, 1.807) is 19.9 Å². The number of rotatable bonds is 3. The molecule has 0 aliphatic carbocycles. The number of hydrogen-bond donors (Lipinski definition) is 4. The Kier molecular flexibility index (Phi) is 4.23. The molecule has 4 N–H and O–H groups in total. The molecule has 2 amide bonds. The second-order valence-corrected chi connectivity index (χ2v) is 5.00. The summed E-state index contributed by atoms with van der Waals surface area (Å²) in [6.45, 7) is 3.81. The Labute approximate surface area is 121 Å². The molecular weight excluding hydrogens is 274 g/mol. The zero-order valence-corrected chi connectivity index (χ0v) is 11.8. The first-order valence-corrected chi connectivity index (χ1v) is 6.54. The third-order valence-corrected chi connectivity index (χ3v) is 3.49. The molecule has 0 spiro atoms. The summed E-state index contributed by atoms with van der Waals surface area (Å²) in [5.41, 5.74) is 2.05. The van der Waals surface area contributed by atoms with E-state index in [-0.39, 0.29) is 30.5 Å². The Morgan fingerprint density at radius 1 is 1.33 bits per heavy atom. The molecule has 0 radical (unpaired) electrons. The summed E-state index contributed by atoms with van der Waals surface area (Å²) in [6, 6.07) is 2.63. The van der Waals surface area contributed by atoms with E-state index in [9.17, 15) is 14.4 Å². The molecule has 1 aromatic carbocycles. The van der Waals surface area contributed by atoms with Crippen LogP contribution in [0.5, 0.6) is 0 Å². The summed E-state index contributed by atoms with van der Waals surface area (Å²) in [5.74, 6) is -1.50. The number of aromatic carboxylic acids is 1. The third-order valence-electron chi connectivity index (χ3n) is 3.49. The molecule has 1 heterocycles. The van der Waals surface area contributed by atoms with E-state index >= 15 is 0 Å². The molecular formula is C14H17N3O4. The standard InChI is InChI=1S/C14H17N3O4/c1-7-3-9(4-10(8(7)2)14(20)21)17-13(19)11-5-16-12(18)6-15-11/h3-4,11,15H,5-6H2,1-2H3,(H,16,18)(H,17,19)(H,20,21). The first kappa shape index (κ1) is 15.0. The van der Waals surface area contributed by atoms with Gasteiger partial charge in [0.1, 0.15) is 6.04 Å². The van der Waals surface area contributed by atoms with Gasteiger partial charge in [-0.15, -0.1) is 0 Å². The van der Waals surface area contributed by atoms with E-state index in [4.69, 9.17) is 5.11 Å². The fourth-order valence-electron chi connectivity index (χ4n) is 2.13. The zero-order chi connectivity index (χ0) is 15.6. The molecule has 1 aromatic rings.